The van der Waals surface area contributed by atoms with E-state index in [1.807, 2.05) is 0 Å². The standard InChI is InChI=1S/C17H25N3O4/c21-16-14-6-3-7-15(20-14)17(22)19-9-5-13-24-11-2-1-10-23-12-4-8-18-16/h3,6-7H,1-2,4-5,8-13H2,(H,18,21)(H,19,22). The molecule has 1 aromatic heterocycles. The van der Waals surface area contributed by atoms with Gasteiger partial charge in [0.25, 0.3) is 11.8 Å². The molecule has 1 aliphatic heterocycles. The summed E-state index contributed by atoms with van der Waals surface area (Å²) in [5.74, 6) is -0.563. The maximum absolute atomic E-state index is 12.1. The zero-order valence-corrected chi connectivity index (χ0v) is 13.9. The van der Waals surface area contributed by atoms with Gasteiger partial charge >= 0.3 is 0 Å². The van der Waals surface area contributed by atoms with E-state index in [2.05, 4.69) is 15.6 Å². The SMILES string of the molecule is O=C1NCCCOCCCCOCCCNC(=O)c2cccc1n2. The Balaban J connectivity index is 1.93. The van der Waals surface area contributed by atoms with E-state index in [4.69, 9.17) is 9.47 Å². The molecule has 0 atom stereocenters. The summed E-state index contributed by atoms with van der Waals surface area (Å²) < 4.78 is 11.0. The zero-order valence-electron chi connectivity index (χ0n) is 13.9. The molecule has 0 spiro atoms. The Bertz CT molecular complexity index is 493. The van der Waals surface area contributed by atoms with E-state index >= 15 is 0 Å². The molecule has 0 saturated heterocycles. The van der Waals surface area contributed by atoms with Crippen molar-refractivity contribution in [2.75, 3.05) is 39.5 Å². The number of hydrogen-bond donors (Lipinski definition) is 2. The van der Waals surface area contributed by atoms with Crippen molar-refractivity contribution in [2.24, 2.45) is 0 Å². The quantitative estimate of drug-likeness (QED) is 0.742. The van der Waals surface area contributed by atoms with Crippen LogP contribution in [-0.2, 0) is 9.47 Å². The first-order valence-electron chi connectivity index (χ1n) is 8.46. The summed E-state index contributed by atoms with van der Waals surface area (Å²) >= 11 is 0. The number of nitrogens with zero attached hydrogens (tertiary/aromatic N) is 1. The number of aromatic nitrogens is 1. The average molecular weight is 335 g/mol. The lowest BCUT2D eigenvalue weighted by molar-refractivity contribution is 0.0908. The van der Waals surface area contributed by atoms with Crippen LogP contribution in [0.1, 0.15) is 46.7 Å². The van der Waals surface area contributed by atoms with Crippen molar-refractivity contribution < 1.29 is 19.1 Å². The second-order valence-electron chi connectivity index (χ2n) is 5.56. The number of hydrogen-bond acceptors (Lipinski definition) is 5. The van der Waals surface area contributed by atoms with Crippen LogP contribution in [0, 0.1) is 0 Å². The Labute approximate surface area is 142 Å². The summed E-state index contributed by atoms with van der Waals surface area (Å²) in [6.07, 6.45) is 3.39. The normalized spacial score (nSPS) is 19.3. The van der Waals surface area contributed by atoms with E-state index in [9.17, 15) is 9.59 Å². The largest absolute Gasteiger partial charge is 0.381 e. The third-order valence-electron chi connectivity index (χ3n) is 3.54. The molecular weight excluding hydrogens is 310 g/mol. The second-order valence-corrected chi connectivity index (χ2v) is 5.56. The van der Waals surface area contributed by atoms with E-state index in [0.29, 0.717) is 39.5 Å². The number of pyridine rings is 1. The molecule has 0 saturated carbocycles. The number of rotatable bonds is 0. The summed E-state index contributed by atoms with van der Waals surface area (Å²) in [7, 11) is 0. The van der Waals surface area contributed by atoms with Crippen molar-refractivity contribution in [3.8, 4) is 0 Å². The van der Waals surface area contributed by atoms with E-state index in [1.165, 1.54) is 0 Å². The molecule has 7 nitrogen and oxygen atoms in total. The van der Waals surface area contributed by atoms with Gasteiger partial charge in [-0.05, 0) is 37.8 Å². The Hall–Kier alpha value is -1.99. The van der Waals surface area contributed by atoms with Crippen LogP contribution in [0.4, 0.5) is 0 Å². The second kappa shape index (κ2) is 10.7. The van der Waals surface area contributed by atoms with Gasteiger partial charge in [-0.1, -0.05) is 6.07 Å². The van der Waals surface area contributed by atoms with Crippen LogP contribution in [0.15, 0.2) is 18.2 Å². The van der Waals surface area contributed by atoms with Crippen LogP contribution in [-0.4, -0.2) is 56.3 Å². The summed E-state index contributed by atoms with van der Waals surface area (Å²) in [5.41, 5.74) is 0.481. The van der Waals surface area contributed by atoms with Gasteiger partial charge in [0.15, 0.2) is 0 Å². The minimum atomic E-state index is -0.282. The van der Waals surface area contributed by atoms with Gasteiger partial charge in [-0.3, -0.25) is 9.59 Å². The minimum absolute atomic E-state index is 0.241. The van der Waals surface area contributed by atoms with Gasteiger partial charge in [0.1, 0.15) is 11.4 Å². The van der Waals surface area contributed by atoms with Gasteiger partial charge in [0, 0.05) is 39.5 Å². The highest BCUT2D eigenvalue weighted by Gasteiger charge is 2.11. The van der Waals surface area contributed by atoms with Crippen molar-refractivity contribution in [1.29, 1.82) is 0 Å². The number of fused-ring (bicyclic) bond motifs is 2. The molecule has 0 fully saturated rings. The Kier molecular flexibility index (Phi) is 8.20. The van der Waals surface area contributed by atoms with E-state index in [1.54, 1.807) is 18.2 Å². The fourth-order valence-electron chi connectivity index (χ4n) is 2.23. The summed E-state index contributed by atoms with van der Waals surface area (Å²) in [4.78, 5) is 28.2. The van der Waals surface area contributed by atoms with Crippen LogP contribution < -0.4 is 10.6 Å². The third kappa shape index (κ3) is 6.64. The lowest BCUT2D eigenvalue weighted by atomic mass is 10.2. The molecule has 2 N–H and O–H groups in total. The predicted molar refractivity (Wildman–Crippen MR) is 89.0 cm³/mol. The average Bonchev–Trinajstić information content (AvgIpc) is 2.61. The molecule has 0 unspecified atom stereocenters. The first-order chi connectivity index (χ1) is 11.8. The van der Waals surface area contributed by atoms with Crippen molar-refractivity contribution in [3.63, 3.8) is 0 Å². The highest BCUT2D eigenvalue weighted by Crippen LogP contribution is 2.01. The molecule has 1 aromatic rings. The molecule has 7 heteroatoms. The van der Waals surface area contributed by atoms with Gasteiger partial charge in [0.2, 0.25) is 0 Å². The molecule has 24 heavy (non-hydrogen) atoms. The van der Waals surface area contributed by atoms with E-state index in [0.717, 1.165) is 25.7 Å². The number of carbonyl (C=O) groups is 2. The van der Waals surface area contributed by atoms with Crippen molar-refractivity contribution >= 4 is 11.8 Å². The number of nitrogens with one attached hydrogen (secondary N) is 2. The summed E-state index contributed by atoms with van der Waals surface area (Å²) in [6, 6.07) is 4.85. The number of carbonyl (C=O) groups excluding carboxylic acids is 2. The van der Waals surface area contributed by atoms with Crippen molar-refractivity contribution in [3.05, 3.63) is 29.6 Å². The Morgan fingerprint density at radius 2 is 1.21 bits per heavy atom. The van der Waals surface area contributed by atoms with E-state index in [-0.39, 0.29) is 23.2 Å². The third-order valence-corrected chi connectivity index (χ3v) is 3.54. The van der Waals surface area contributed by atoms with Gasteiger partial charge in [0.05, 0.1) is 0 Å². The maximum Gasteiger partial charge on any atom is 0.269 e. The Morgan fingerprint density at radius 3 is 1.71 bits per heavy atom. The van der Waals surface area contributed by atoms with Crippen molar-refractivity contribution in [1.82, 2.24) is 15.6 Å². The van der Waals surface area contributed by atoms with Crippen LogP contribution >= 0.6 is 0 Å². The fraction of sp³-hybridized carbons (Fsp3) is 0.588. The lowest BCUT2D eigenvalue weighted by Crippen LogP contribution is -2.29. The molecule has 2 heterocycles. The predicted octanol–water partition coefficient (Wildman–Crippen LogP) is 1.15. The molecule has 0 aliphatic carbocycles. The molecular formula is C17H25N3O4. The summed E-state index contributed by atoms with van der Waals surface area (Å²) in [6.45, 7) is 3.65. The maximum atomic E-state index is 12.1. The van der Waals surface area contributed by atoms with Gasteiger partial charge < -0.3 is 20.1 Å². The molecule has 2 rings (SSSR count). The van der Waals surface area contributed by atoms with Crippen molar-refractivity contribution in [2.45, 2.75) is 25.7 Å². The van der Waals surface area contributed by atoms with E-state index < -0.39 is 0 Å². The molecule has 1 aliphatic rings. The smallest absolute Gasteiger partial charge is 0.269 e. The van der Waals surface area contributed by atoms with Crippen LogP contribution in [0.5, 0.6) is 0 Å². The first-order valence-corrected chi connectivity index (χ1v) is 8.46. The molecule has 2 bridgehead atoms. The highest BCUT2D eigenvalue weighted by molar-refractivity contribution is 5.96. The van der Waals surface area contributed by atoms with Crippen LogP contribution in [0.3, 0.4) is 0 Å². The minimum Gasteiger partial charge on any atom is -0.381 e. The topological polar surface area (TPSA) is 89.5 Å². The monoisotopic (exact) mass is 335 g/mol. The Morgan fingerprint density at radius 1 is 0.750 bits per heavy atom. The number of ether oxygens (including phenoxy) is 2. The van der Waals surface area contributed by atoms with Gasteiger partial charge in [-0.2, -0.15) is 0 Å². The van der Waals surface area contributed by atoms with Gasteiger partial charge in [-0.25, -0.2) is 4.98 Å². The zero-order chi connectivity index (χ0) is 17.0. The molecule has 2 amide bonds. The fourth-order valence-corrected chi connectivity index (χ4v) is 2.23. The highest BCUT2D eigenvalue weighted by atomic mass is 16.5. The lowest BCUT2D eigenvalue weighted by Gasteiger charge is -2.07. The summed E-state index contributed by atoms with van der Waals surface area (Å²) in [5, 5.41) is 5.57. The van der Waals surface area contributed by atoms with Crippen LogP contribution in [0.2, 0.25) is 0 Å². The molecule has 0 aromatic carbocycles. The molecule has 0 radical (unpaired) electrons. The number of amides is 2. The molecule has 132 valence electrons. The van der Waals surface area contributed by atoms with Crippen LogP contribution in [0.25, 0.3) is 0 Å². The first kappa shape index (κ1) is 18.4. The van der Waals surface area contributed by atoms with Gasteiger partial charge in [-0.15, -0.1) is 0 Å².